The zero-order chi connectivity index (χ0) is 30.9. The quantitative estimate of drug-likeness (QED) is 0.194. The van der Waals surface area contributed by atoms with Crippen molar-refractivity contribution >= 4 is 17.4 Å². The number of hydrazone groups is 1. The number of aliphatic hydroxyl groups is 1. The molecule has 1 aliphatic rings. The molecule has 0 spiro atoms. The number of phenols is 1. The van der Waals surface area contributed by atoms with Crippen LogP contribution in [0.2, 0.25) is 0 Å². The van der Waals surface area contributed by atoms with E-state index < -0.39 is 6.10 Å². The molecule has 8 nitrogen and oxygen atoms in total. The van der Waals surface area contributed by atoms with E-state index in [4.69, 9.17) is 19.6 Å². The molecule has 43 heavy (non-hydrogen) atoms. The summed E-state index contributed by atoms with van der Waals surface area (Å²) < 4.78 is 11.5. The zero-order valence-electron chi connectivity index (χ0n) is 26.4. The number of hydrogen-bond acceptors (Lipinski definition) is 8. The molecule has 3 N–H and O–H groups in total. The van der Waals surface area contributed by atoms with Crippen molar-refractivity contribution in [2.75, 3.05) is 24.9 Å². The van der Waals surface area contributed by atoms with Gasteiger partial charge >= 0.3 is 0 Å². The largest absolute Gasteiger partial charge is 0.505 e. The highest BCUT2D eigenvalue weighted by atomic mass is 16.5. The second-order valence-corrected chi connectivity index (χ2v) is 11.5. The average molecular weight is 587 g/mol. The van der Waals surface area contributed by atoms with E-state index in [1.807, 2.05) is 25.1 Å². The lowest BCUT2D eigenvalue weighted by atomic mass is 10.0. The normalized spacial score (nSPS) is 14.5. The van der Waals surface area contributed by atoms with Gasteiger partial charge in [-0.25, -0.2) is 4.99 Å². The Morgan fingerprint density at radius 3 is 2.19 bits per heavy atom. The molecule has 8 heteroatoms. The fraction of sp³-hybridized carbons (Fsp3) is 0.429. The van der Waals surface area contributed by atoms with Crippen molar-refractivity contribution < 1.29 is 19.7 Å². The molecular weight excluding hydrogens is 540 g/mol. The maximum absolute atomic E-state index is 11.0. The van der Waals surface area contributed by atoms with Crippen LogP contribution in [0.25, 0.3) is 0 Å². The number of hydrazine groups is 1. The second-order valence-electron chi connectivity index (χ2n) is 11.5. The Bertz CT molecular complexity index is 1450. The van der Waals surface area contributed by atoms with Gasteiger partial charge in [-0.05, 0) is 63.3 Å². The van der Waals surface area contributed by atoms with E-state index in [1.165, 1.54) is 24.5 Å². The average Bonchev–Trinajstić information content (AvgIpc) is 2.97. The standard InChI is InChI=1S/C35H46N4O4/c1-7-9-10-27(8-2)20-42-21-28(40)22-43-29-13-16-32(33(41)19-29)39-37-34(30-14-11-23(3)17-25(30)5)36-35(38-39)31-15-12-24(4)18-26(31)6/h11-19,27-28,40-41H,7-10,20-22H2,1-6H3,(H,36,37,38). The molecule has 0 aromatic heterocycles. The van der Waals surface area contributed by atoms with E-state index in [0.29, 0.717) is 35.6 Å². The number of nitrogens with zero attached hydrogens (tertiary/aromatic N) is 3. The summed E-state index contributed by atoms with van der Waals surface area (Å²) in [6, 6.07) is 17.4. The van der Waals surface area contributed by atoms with Gasteiger partial charge in [-0.2, -0.15) is 5.12 Å². The minimum Gasteiger partial charge on any atom is -0.505 e. The van der Waals surface area contributed by atoms with Crippen molar-refractivity contribution in [3.63, 3.8) is 0 Å². The van der Waals surface area contributed by atoms with Gasteiger partial charge in [-0.15, -0.1) is 5.10 Å². The molecule has 0 fully saturated rings. The SMILES string of the molecule is CCCCC(CC)COCC(O)COc1ccc(N2N=C(c3ccc(C)cc3C)N=C(c3ccc(C)cc3C)N2)c(O)c1. The number of rotatable bonds is 14. The fourth-order valence-corrected chi connectivity index (χ4v) is 5.15. The Morgan fingerprint density at radius 2 is 1.56 bits per heavy atom. The summed E-state index contributed by atoms with van der Waals surface area (Å²) in [5.41, 5.74) is 10.0. The molecule has 2 unspecified atom stereocenters. The molecule has 2 atom stereocenters. The molecule has 1 heterocycles. The molecule has 1 aliphatic heterocycles. The molecule has 0 saturated heterocycles. The number of anilines is 1. The van der Waals surface area contributed by atoms with Crippen LogP contribution < -0.4 is 15.3 Å². The minimum absolute atomic E-state index is 0.0249. The third kappa shape index (κ3) is 8.58. The number of aryl methyl sites for hydroxylation is 4. The van der Waals surface area contributed by atoms with Crippen molar-refractivity contribution in [1.82, 2.24) is 5.43 Å². The molecule has 0 radical (unpaired) electrons. The molecule has 4 rings (SSSR count). The van der Waals surface area contributed by atoms with Gasteiger partial charge in [0.1, 0.15) is 29.9 Å². The van der Waals surface area contributed by atoms with Crippen molar-refractivity contribution in [3.8, 4) is 11.5 Å². The summed E-state index contributed by atoms with van der Waals surface area (Å²) in [4.78, 5) is 4.90. The van der Waals surface area contributed by atoms with Crippen LogP contribution in [0.5, 0.6) is 11.5 Å². The topological polar surface area (TPSA) is 98.9 Å². The summed E-state index contributed by atoms with van der Waals surface area (Å²) >= 11 is 0. The molecular formula is C35H46N4O4. The number of hydrogen-bond donors (Lipinski definition) is 3. The maximum atomic E-state index is 11.0. The predicted molar refractivity (Wildman–Crippen MR) is 174 cm³/mol. The van der Waals surface area contributed by atoms with Gasteiger partial charge in [0.15, 0.2) is 11.7 Å². The number of ether oxygens (including phenoxy) is 2. The van der Waals surface area contributed by atoms with Crippen molar-refractivity contribution in [2.45, 2.75) is 73.3 Å². The summed E-state index contributed by atoms with van der Waals surface area (Å²) in [6.07, 6.45) is 3.81. The molecule has 0 saturated carbocycles. The van der Waals surface area contributed by atoms with Crippen molar-refractivity contribution in [3.05, 3.63) is 88.0 Å². The molecule has 230 valence electrons. The minimum atomic E-state index is -0.768. The lowest BCUT2D eigenvalue weighted by Gasteiger charge is -2.28. The van der Waals surface area contributed by atoms with Gasteiger partial charge in [0.2, 0.25) is 0 Å². The number of amidine groups is 2. The number of phenolic OH excluding ortho intramolecular Hbond substituents is 1. The van der Waals surface area contributed by atoms with Crippen molar-refractivity contribution in [2.24, 2.45) is 16.0 Å². The Hall–Kier alpha value is -3.88. The summed E-state index contributed by atoms with van der Waals surface area (Å²) in [6.45, 7) is 13.5. The van der Waals surface area contributed by atoms with E-state index in [-0.39, 0.29) is 19.0 Å². The second kappa shape index (κ2) is 15.0. The molecule has 3 aromatic rings. The van der Waals surface area contributed by atoms with Crippen LogP contribution in [-0.2, 0) is 4.74 Å². The Kier molecular flexibility index (Phi) is 11.2. The van der Waals surface area contributed by atoms with Crippen LogP contribution in [0, 0.1) is 33.6 Å². The van der Waals surface area contributed by atoms with Crippen molar-refractivity contribution in [1.29, 1.82) is 0 Å². The lowest BCUT2D eigenvalue weighted by molar-refractivity contribution is -0.00111. The van der Waals surface area contributed by atoms with Gasteiger partial charge in [-0.3, -0.25) is 5.43 Å². The molecule has 0 aliphatic carbocycles. The molecule has 0 bridgehead atoms. The van der Waals surface area contributed by atoms with Gasteiger partial charge in [-0.1, -0.05) is 80.6 Å². The summed E-state index contributed by atoms with van der Waals surface area (Å²) in [5.74, 6) is 2.09. The lowest BCUT2D eigenvalue weighted by Crippen LogP contribution is -2.44. The van der Waals surface area contributed by atoms with Crippen LogP contribution in [0.15, 0.2) is 64.7 Å². The monoisotopic (exact) mass is 586 g/mol. The Labute approximate surface area is 256 Å². The maximum Gasteiger partial charge on any atom is 0.183 e. The number of aliphatic hydroxyl groups excluding tert-OH is 1. The van der Waals surface area contributed by atoms with Crippen LogP contribution in [0.4, 0.5) is 5.69 Å². The Balaban J connectivity index is 1.49. The summed E-state index contributed by atoms with van der Waals surface area (Å²) in [7, 11) is 0. The van der Waals surface area contributed by atoms with Gasteiger partial charge < -0.3 is 19.7 Å². The van der Waals surface area contributed by atoms with Crippen LogP contribution in [0.1, 0.15) is 72.9 Å². The predicted octanol–water partition coefficient (Wildman–Crippen LogP) is 6.73. The molecule has 0 amide bonds. The first-order valence-electron chi connectivity index (χ1n) is 15.3. The van der Waals surface area contributed by atoms with Crippen LogP contribution >= 0.6 is 0 Å². The zero-order valence-corrected chi connectivity index (χ0v) is 26.4. The van der Waals surface area contributed by atoms with E-state index in [2.05, 4.69) is 58.2 Å². The van der Waals surface area contributed by atoms with E-state index >= 15 is 0 Å². The van der Waals surface area contributed by atoms with Crippen LogP contribution in [-0.4, -0.2) is 47.8 Å². The Morgan fingerprint density at radius 1 is 0.860 bits per heavy atom. The van der Waals surface area contributed by atoms with Crippen LogP contribution in [0.3, 0.4) is 0 Å². The highest BCUT2D eigenvalue weighted by Crippen LogP contribution is 2.32. The fourth-order valence-electron chi connectivity index (χ4n) is 5.15. The van der Waals surface area contributed by atoms with E-state index in [1.54, 1.807) is 17.3 Å². The first-order chi connectivity index (χ1) is 20.7. The third-order valence-electron chi connectivity index (χ3n) is 7.71. The van der Waals surface area contributed by atoms with E-state index in [0.717, 1.165) is 40.7 Å². The third-order valence-corrected chi connectivity index (χ3v) is 7.71. The highest BCUT2D eigenvalue weighted by molar-refractivity contribution is 6.14. The number of nitrogens with one attached hydrogen (secondary N) is 1. The highest BCUT2D eigenvalue weighted by Gasteiger charge is 2.23. The number of aliphatic imine (C=N–C) groups is 1. The molecule has 3 aromatic carbocycles. The number of benzene rings is 3. The van der Waals surface area contributed by atoms with Gasteiger partial charge in [0.05, 0.1) is 6.61 Å². The number of aromatic hydroxyl groups is 1. The number of unbranched alkanes of at least 4 members (excludes halogenated alkanes) is 1. The van der Waals surface area contributed by atoms with E-state index in [9.17, 15) is 10.2 Å². The van der Waals surface area contributed by atoms with Gasteiger partial charge in [0, 0.05) is 23.8 Å². The summed E-state index contributed by atoms with van der Waals surface area (Å²) in [5, 5.41) is 27.7. The first-order valence-corrected chi connectivity index (χ1v) is 15.3. The first kappa shape index (κ1) is 32.0. The smallest absolute Gasteiger partial charge is 0.183 e. The van der Waals surface area contributed by atoms with Gasteiger partial charge in [0.25, 0.3) is 0 Å².